The predicted octanol–water partition coefficient (Wildman–Crippen LogP) is 11.4. The van der Waals surface area contributed by atoms with Crippen LogP contribution in [-0.4, -0.2) is 60.5 Å². The normalized spacial score (nSPS) is 14.7. The second-order valence-corrected chi connectivity index (χ2v) is 15.2. The van der Waals surface area contributed by atoms with Crippen LogP contribution >= 0.6 is 7.82 Å². The van der Waals surface area contributed by atoms with E-state index in [4.69, 9.17) is 29.4 Å². The van der Waals surface area contributed by atoms with Gasteiger partial charge in [0.05, 0.1) is 19.8 Å². The quantitative estimate of drug-likeness (QED) is 0.0237. The first-order chi connectivity index (χ1) is 26.7. The smallest absolute Gasteiger partial charge is 0.472 e. The number of hydrogen-bond donors (Lipinski definition) is 3. The van der Waals surface area contributed by atoms with Gasteiger partial charge >= 0.3 is 19.8 Å². The molecule has 0 saturated carbocycles. The number of carbonyl (C=O) groups excluding carboxylic acids is 1. The van der Waals surface area contributed by atoms with Gasteiger partial charge in [-0.15, -0.1) is 0 Å². The third-order valence-electron chi connectivity index (χ3n) is 8.47. The summed E-state index contributed by atoms with van der Waals surface area (Å²) in [6.45, 7) is 3.66. The molecule has 3 unspecified atom stereocenters. The Bertz CT molecular complexity index is 1150. The first-order valence-electron chi connectivity index (χ1n) is 21.0. The molecule has 0 aromatic carbocycles. The van der Waals surface area contributed by atoms with E-state index in [1.165, 1.54) is 64.2 Å². The van der Waals surface area contributed by atoms with Crippen LogP contribution in [0.15, 0.2) is 72.9 Å². The zero-order chi connectivity index (χ0) is 40.5. The van der Waals surface area contributed by atoms with E-state index in [0.717, 1.165) is 57.8 Å². The predicted molar refractivity (Wildman–Crippen MR) is 226 cm³/mol. The van der Waals surface area contributed by atoms with Crippen LogP contribution in [0.5, 0.6) is 0 Å². The molecule has 0 aliphatic heterocycles. The monoisotopic (exact) mass is 794 g/mol. The van der Waals surface area contributed by atoms with E-state index >= 15 is 0 Å². The van der Waals surface area contributed by atoms with Crippen molar-refractivity contribution in [2.45, 2.75) is 167 Å². The van der Waals surface area contributed by atoms with Gasteiger partial charge < -0.3 is 25.2 Å². The molecule has 3 atom stereocenters. The highest BCUT2D eigenvalue weighted by Crippen LogP contribution is 2.43. The maximum atomic E-state index is 12.6. The standard InChI is InChI=1S/C44H76NO9P/c1-3-5-7-9-11-13-15-17-19-21-22-24-26-28-30-32-34-36-43(46)54-41(39-52-55(49,50)53-40-42(45)44(47)48)38-51-37-35-33-31-29-27-25-23-20-18-16-14-12-10-8-6-4-2/h5,7,11,13,17-20,22,24,28,30,41-42H,3-4,6,8-10,12,14-16,21,23,25-27,29,31-40,45H2,1-2H3,(H,47,48)(H,49,50)/b7-5-,13-11-,19-17-,20-18-,24-22-,30-28-. The van der Waals surface area contributed by atoms with Gasteiger partial charge in [0.25, 0.3) is 0 Å². The molecule has 316 valence electrons. The summed E-state index contributed by atoms with van der Waals surface area (Å²) < 4.78 is 33.2. The maximum absolute atomic E-state index is 12.6. The molecule has 0 fully saturated rings. The first-order valence-corrected chi connectivity index (χ1v) is 22.5. The molecule has 55 heavy (non-hydrogen) atoms. The first kappa shape index (κ1) is 52.4. The number of aliphatic carboxylic acids is 1. The third-order valence-corrected chi connectivity index (χ3v) is 9.42. The van der Waals surface area contributed by atoms with Crippen LogP contribution in [0.4, 0.5) is 0 Å². The van der Waals surface area contributed by atoms with Gasteiger partial charge in [0.15, 0.2) is 0 Å². The second-order valence-electron chi connectivity index (χ2n) is 13.7. The van der Waals surface area contributed by atoms with Crippen molar-refractivity contribution in [2.75, 3.05) is 26.4 Å². The van der Waals surface area contributed by atoms with Crippen LogP contribution in [0.2, 0.25) is 0 Å². The van der Waals surface area contributed by atoms with Crippen molar-refractivity contribution < 1.29 is 42.7 Å². The molecule has 0 rings (SSSR count). The Morgan fingerprint density at radius 2 is 1.05 bits per heavy atom. The fourth-order valence-corrected chi connectivity index (χ4v) is 6.00. The number of carbonyl (C=O) groups is 2. The van der Waals surface area contributed by atoms with E-state index in [2.05, 4.69) is 80.7 Å². The molecule has 0 saturated heterocycles. The van der Waals surface area contributed by atoms with Gasteiger partial charge in [-0.25, -0.2) is 4.57 Å². The largest absolute Gasteiger partial charge is 0.480 e. The molecule has 10 nitrogen and oxygen atoms in total. The molecular weight excluding hydrogens is 717 g/mol. The lowest BCUT2D eigenvalue weighted by atomic mass is 10.1. The lowest BCUT2D eigenvalue weighted by Crippen LogP contribution is -2.34. The van der Waals surface area contributed by atoms with E-state index in [-0.39, 0.29) is 13.0 Å². The lowest BCUT2D eigenvalue weighted by Gasteiger charge is -2.20. The van der Waals surface area contributed by atoms with Crippen LogP contribution < -0.4 is 5.73 Å². The summed E-state index contributed by atoms with van der Waals surface area (Å²) in [6, 6.07) is -1.49. The van der Waals surface area contributed by atoms with E-state index in [9.17, 15) is 19.0 Å². The minimum atomic E-state index is -4.63. The van der Waals surface area contributed by atoms with Gasteiger partial charge in [-0.3, -0.25) is 18.6 Å². The van der Waals surface area contributed by atoms with Crippen LogP contribution in [-0.2, 0) is 32.7 Å². The summed E-state index contributed by atoms with van der Waals surface area (Å²) in [5.74, 6) is -1.85. The molecule has 0 bridgehead atoms. The van der Waals surface area contributed by atoms with Crippen molar-refractivity contribution in [3.63, 3.8) is 0 Å². The summed E-state index contributed by atoms with van der Waals surface area (Å²) in [7, 11) is -4.63. The van der Waals surface area contributed by atoms with Gasteiger partial charge in [0.2, 0.25) is 0 Å². The number of allylic oxidation sites excluding steroid dienone is 12. The van der Waals surface area contributed by atoms with Crippen LogP contribution in [0, 0.1) is 0 Å². The van der Waals surface area contributed by atoms with E-state index in [1.807, 2.05) is 6.08 Å². The highest BCUT2D eigenvalue weighted by Gasteiger charge is 2.27. The minimum absolute atomic E-state index is 0.0137. The molecule has 0 aliphatic carbocycles. The fourth-order valence-electron chi connectivity index (χ4n) is 5.22. The molecule has 0 aromatic rings. The number of carboxylic acid groups (broad SMARTS) is 1. The Morgan fingerprint density at radius 1 is 0.600 bits per heavy atom. The van der Waals surface area contributed by atoms with Crippen molar-refractivity contribution in [1.82, 2.24) is 0 Å². The summed E-state index contributed by atoms with van der Waals surface area (Å²) >= 11 is 0. The number of ether oxygens (including phenoxy) is 2. The zero-order valence-electron chi connectivity index (χ0n) is 34.2. The van der Waals surface area contributed by atoms with Crippen molar-refractivity contribution in [1.29, 1.82) is 0 Å². The average Bonchev–Trinajstić information content (AvgIpc) is 3.16. The summed E-state index contributed by atoms with van der Waals surface area (Å²) in [4.78, 5) is 33.5. The van der Waals surface area contributed by atoms with Crippen LogP contribution in [0.25, 0.3) is 0 Å². The molecular formula is C44H76NO9P. The van der Waals surface area contributed by atoms with Gasteiger partial charge in [-0.1, -0.05) is 145 Å². The Balaban J connectivity index is 4.39. The minimum Gasteiger partial charge on any atom is -0.480 e. The number of rotatable bonds is 39. The van der Waals surface area contributed by atoms with Gasteiger partial charge in [-0.05, 0) is 77.0 Å². The van der Waals surface area contributed by atoms with Crippen LogP contribution in [0.1, 0.15) is 155 Å². The molecule has 0 spiro atoms. The number of carboxylic acids is 1. The third kappa shape index (κ3) is 39.4. The van der Waals surface area contributed by atoms with Crippen LogP contribution in [0.3, 0.4) is 0 Å². The topological polar surface area (TPSA) is 155 Å². The summed E-state index contributed by atoms with van der Waals surface area (Å²) in [5, 5.41) is 8.89. The van der Waals surface area contributed by atoms with Crippen molar-refractivity contribution in [3.8, 4) is 0 Å². The van der Waals surface area contributed by atoms with Gasteiger partial charge in [-0.2, -0.15) is 0 Å². The Hall–Kier alpha value is -2.59. The number of phosphoric acid groups is 1. The van der Waals surface area contributed by atoms with Crippen molar-refractivity contribution >= 4 is 19.8 Å². The highest BCUT2D eigenvalue weighted by atomic mass is 31.2. The Kier molecular flexibility index (Phi) is 37.8. The zero-order valence-corrected chi connectivity index (χ0v) is 35.1. The molecule has 0 heterocycles. The van der Waals surface area contributed by atoms with Gasteiger partial charge in [0.1, 0.15) is 12.1 Å². The molecule has 4 N–H and O–H groups in total. The van der Waals surface area contributed by atoms with E-state index < -0.39 is 45.1 Å². The molecule has 0 aromatic heterocycles. The summed E-state index contributed by atoms with van der Waals surface area (Å²) in [5.41, 5.74) is 5.34. The second kappa shape index (κ2) is 39.6. The Morgan fingerprint density at radius 3 is 1.60 bits per heavy atom. The number of phosphoric ester groups is 1. The number of unbranched alkanes of at least 4 members (excludes halogenated alkanes) is 13. The summed E-state index contributed by atoms with van der Waals surface area (Å²) in [6.07, 6.45) is 48.2. The molecule has 11 heteroatoms. The SMILES string of the molecule is CC/C=C\C/C=C\C/C=C\C/C=C\C/C=C\CCCC(=O)OC(COCCCCCCCC/C=C\CCCCCCCC)COP(=O)(O)OCC(N)C(=O)O. The van der Waals surface area contributed by atoms with Crippen molar-refractivity contribution in [2.24, 2.45) is 5.73 Å². The molecule has 0 aliphatic rings. The molecule has 0 radical (unpaired) electrons. The fraction of sp³-hybridized carbons (Fsp3) is 0.682. The number of nitrogens with two attached hydrogens (primary N) is 1. The molecule has 0 amide bonds. The maximum Gasteiger partial charge on any atom is 0.472 e. The Labute approximate surface area is 334 Å². The van der Waals surface area contributed by atoms with Gasteiger partial charge in [0, 0.05) is 13.0 Å². The van der Waals surface area contributed by atoms with Crippen molar-refractivity contribution in [3.05, 3.63) is 72.9 Å². The lowest BCUT2D eigenvalue weighted by molar-refractivity contribution is -0.154. The number of esters is 1. The highest BCUT2D eigenvalue weighted by molar-refractivity contribution is 7.47. The van der Waals surface area contributed by atoms with E-state index in [0.29, 0.717) is 19.4 Å². The average molecular weight is 794 g/mol. The number of hydrogen-bond acceptors (Lipinski definition) is 8. The van der Waals surface area contributed by atoms with E-state index in [1.54, 1.807) is 0 Å².